The second kappa shape index (κ2) is 6.67. The molecule has 1 saturated heterocycles. The highest BCUT2D eigenvalue weighted by Gasteiger charge is 2.23. The Morgan fingerprint density at radius 3 is 2.62 bits per heavy atom. The van der Waals surface area contributed by atoms with Crippen molar-refractivity contribution in [3.63, 3.8) is 0 Å². The number of carbonyl (C=O) groups excluding carboxylic acids is 1. The van der Waals surface area contributed by atoms with Gasteiger partial charge in [-0.15, -0.1) is 0 Å². The molecule has 0 aliphatic carbocycles. The van der Waals surface area contributed by atoms with Crippen LogP contribution in [0.4, 0.5) is 5.69 Å². The number of benzene rings is 2. The molecular formula is C17H14N2O4S. The standard InChI is InChI=1S/C17H14N2O4S/c1-23-14-8-10(2-7-13(14)21)9-15-16(22)19-17(24-15)18-11-3-5-12(20)6-4-11/h2-9,20-21H,1H3,(H,18,19,22). The molecule has 1 aliphatic rings. The average molecular weight is 342 g/mol. The van der Waals surface area contributed by atoms with Crippen LogP contribution in [-0.4, -0.2) is 28.4 Å². The number of thioether (sulfide) groups is 1. The monoisotopic (exact) mass is 342 g/mol. The van der Waals surface area contributed by atoms with Crippen molar-refractivity contribution < 1.29 is 19.7 Å². The number of hydrogen-bond acceptors (Lipinski definition) is 6. The number of ether oxygens (including phenoxy) is 1. The van der Waals surface area contributed by atoms with E-state index in [-0.39, 0.29) is 17.4 Å². The first kappa shape index (κ1) is 15.9. The summed E-state index contributed by atoms with van der Waals surface area (Å²) in [4.78, 5) is 16.9. The lowest BCUT2D eigenvalue weighted by atomic mass is 10.2. The molecule has 2 aromatic rings. The van der Waals surface area contributed by atoms with Gasteiger partial charge >= 0.3 is 0 Å². The first-order chi connectivity index (χ1) is 11.5. The zero-order valence-electron chi connectivity index (χ0n) is 12.7. The lowest BCUT2D eigenvalue weighted by Gasteiger charge is -2.03. The maximum Gasteiger partial charge on any atom is 0.264 e. The van der Waals surface area contributed by atoms with Crippen LogP contribution in [0.1, 0.15) is 5.56 Å². The molecule has 3 rings (SSSR count). The number of nitrogens with one attached hydrogen (secondary N) is 1. The van der Waals surface area contributed by atoms with E-state index in [2.05, 4.69) is 10.3 Å². The Kier molecular flexibility index (Phi) is 4.43. The molecule has 122 valence electrons. The highest BCUT2D eigenvalue weighted by atomic mass is 32.2. The van der Waals surface area contributed by atoms with Crippen molar-refractivity contribution in [3.05, 3.63) is 52.9 Å². The number of rotatable bonds is 3. The second-order valence-corrected chi connectivity index (χ2v) is 5.96. The minimum absolute atomic E-state index is 0.0396. The van der Waals surface area contributed by atoms with Crippen molar-refractivity contribution in [1.82, 2.24) is 5.32 Å². The third-order valence-electron chi connectivity index (χ3n) is 3.23. The molecule has 1 fully saturated rings. The van der Waals surface area contributed by atoms with Crippen molar-refractivity contribution in [2.75, 3.05) is 7.11 Å². The topological polar surface area (TPSA) is 91.2 Å². The summed E-state index contributed by atoms with van der Waals surface area (Å²) < 4.78 is 5.06. The number of aliphatic imine (C=N–C) groups is 1. The van der Waals surface area contributed by atoms with Crippen molar-refractivity contribution in [1.29, 1.82) is 0 Å². The van der Waals surface area contributed by atoms with Crippen LogP contribution in [0.2, 0.25) is 0 Å². The van der Waals surface area contributed by atoms with Crippen LogP contribution in [0.25, 0.3) is 6.08 Å². The van der Waals surface area contributed by atoms with Gasteiger partial charge in [0, 0.05) is 0 Å². The summed E-state index contributed by atoms with van der Waals surface area (Å²) in [6.07, 6.45) is 1.70. The van der Waals surface area contributed by atoms with Crippen molar-refractivity contribution >= 4 is 34.6 Å². The largest absolute Gasteiger partial charge is 0.508 e. The number of amidine groups is 1. The summed E-state index contributed by atoms with van der Waals surface area (Å²) in [5.74, 6) is 0.289. The van der Waals surface area contributed by atoms with E-state index in [9.17, 15) is 15.0 Å². The van der Waals surface area contributed by atoms with E-state index in [1.165, 1.54) is 37.1 Å². The first-order valence-electron chi connectivity index (χ1n) is 7.01. The van der Waals surface area contributed by atoms with Gasteiger partial charge in [-0.1, -0.05) is 6.07 Å². The van der Waals surface area contributed by atoms with Gasteiger partial charge in [0.15, 0.2) is 16.7 Å². The Morgan fingerprint density at radius 2 is 1.92 bits per heavy atom. The molecule has 0 bridgehead atoms. The molecule has 0 unspecified atom stereocenters. The number of amides is 1. The van der Waals surface area contributed by atoms with Crippen molar-refractivity contribution in [3.8, 4) is 17.2 Å². The molecule has 0 aromatic heterocycles. The van der Waals surface area contributed by atoms with E-state index in [1.807, 2.05) is 0 Å². The Hall–Kier alpha value is -2.93. The van der Waals surface area contributed by atoms with E-state index in [4.69, 9.17) is 4.74 Å². The molecule has 24 heavy (non-hydrogen) atoms. The van der Waals surface area contributed by atoms with Gasteiger partial charge in [0.05, 0.1) is 17.7 Å². The fourth-order valence-corrected chi connectivity index (χ4v) is 2.90. The number of phenolic OH excluding ortho intramolecular Hbond substituents is 2. The Labute approximate surface area is 142 Å². The summed E-state index contributed by atoms with van der Waals surface area (Å²) in [7, 11) is 1.46. The Morgan fingerprint density at radius 1 is 1.17 bits per heavy atom. The van der Waals surface area contributed by atoms with E-state index >= 15 is 0 Å². The van der Waals surface area contributed by atoms with E-state index in [1.54, 1.807) is 30.3 Å². The minimum Gasteiger partial charge on any atom is -0.508 e. The Balaban J connectivity index is 1.83. The maximum atomic E-state index is 12.1. The van der Waals surface area contributed by atoms with E-state index < -0.39 is 0 Å². The van der Waals surface area contributed by atoms with Crippen LogP contribution in [-0.2, 0) is 4.79 Å². The number of aromatic hydroxyl groups is 2. The van der Waals surface area contributed by atoms with Crippen molar-refractivity contribution in [2.45, 2.75) is 0 Å². The molecule has 3 N–H and O–H groups in total. The van der Waals surface area contributed by atoms with Crippen LogP contribution in [0.15, 0.2) is 52.4 Å². The quantitative estimate of drug-likeness (QED) is 0.746. The van der Waals surface area contributed by atoms with Crippen LogP contribution in [0, 0.1) is 0 Å². The molecule has 2 aromatic carbocycles. The van der Waals surface area contributed by atoms with Gasteiger partial charge in [0.1, 0.15) is 5.75 Å². The first-order valence-corrected chi connectivity index (χ1v) is 7.82. The highest BCUT2D eigenvalue weighted by molar-refractivity contribution is 8.18. The van der Waals surface area contributed by atoms with Gasteiger partial charge in [-0.3, -0.25) is 4.79 Å². The Bertz CT molecular complexity index is 844. The smallest absolute Gasteiger partial charge is 0.264 e. The summed E-state index contributed by atoms with van der Waals surface area (Å²) in [5, 5.41) is 22.0. The van der Waals surface area contributed by atoms with Gasteiger partial charge in [-0.05, 0) is 59.8 Å². The summed E-state index contributed by atoms with van der Waals surface area (Å²) in [5.41, 5.74) is 1.36. The van der Waals surface area contributed by atoms with Crippen LogP contribution < -0.4 is 10.1 Å². The van der Waals surface area contributed by atoms with Crippen LogP contribution in [0.3, 0.4) is 0 Å². The number of carbonyl (C=O) groups is 1. The van der Waals surface area contributed by atoms with Gasteiger partial charge in [0.25, 0.3) is 5.91 Å². The van der Waals surface area contributed by atoms with Crippen molar-refractivity contribution in [2.24, 2.45) is 4.99 Å². The number of methoxy groups -OCH3 is 1. The molecule has 7 heteroatoms. The normalized spacial score (nSPS) is 17.3. The molecular weight excluding hydrogens is 328 g/mol. The van der Waals surface area contributed by atoms with Gasteiger partial charge in [-0.25, -0.2) is 4.99 Å². The molecule has 1 amide bonds. The number of nitrogens with zero attached hydrogens (tertiary/aromatic N) is 1. The number of phenols is 2. The van der Waals surface area contributed by atoms with E-state index in [0.29, 0.717) is 21.5 Å². The lowest BCUT2D eigenvalue weighted by molar-refractivity contribution is -0.115. The predicted molar refractivity (Wildman–Crippen MR) is 93.6 cm³/mol. The van der Waals surface area contributed by atoms with Crippen LogP contribution >= 0.6 is 11.8 Å². The molecule has 0 spiro atoms. The second-order valence-electron chi connectivity index (χ2n) is 4.93. The fraction of sp³-hybridized carbons (Fsp3) is 0.0588. The van der Waals surface area contributed by atoms with Gasteiger partial charge in [-0.2, -0.15) is 0 Å². The maximum absolute atomic E-state index is 12.1. The molecule has 0 atom stereocenters. The SMILES string of the molecule is COc1cc(C=C2SC(=Nc3ccc(O)cc3)NC2=O)ccc1O. The fourth-order valence-electron chi connectivity index (χ4n) is 2.06. The molecule has 1 heterocycles. The highest BCUT2D eigenvalue weighted by Crippen LogP contribution is 2.31. The summed E-state index contributed by atoms with van der Waals surface area (Å²) >= 11 is 1.21. The van der Waals surface area contributed by atoms with Gasteiger partial charge in [0.2, 0.25) is 0 Å². The molecule has 1 aliphatic heterocycles. The summed E-state index contributed by atoms with van der Waals surface area (Å²) in [6.45, 7) is 0. The van der Waals surface area contributed by atoms with Gasteiger partial charge < -0.3 is 20.3 Å². The van der Waals surface area contributed by atoms with Crippen LogP contribution in [0.5, 0.6) is 17.2 Å². The summed E-state index contributed by atoms with van der Waals surface area (Å²) in [6, 6.07) is 11.2. The average Bonchev–Trinajstić information content (AvgIpc) is 2.91. The lowest BCUT2D eigenvalue weighted by Crippen LogP contribution is -2.19. The third-order valence-corrected chi connectivity index (χ3v) is 4.14. The zero-order valence-corrected chi connectivity index (χ0v) is 13.5. The number of hydrogen-bond donors (Lipinski definition) is 3. The molecule has 0 saturated carbocycles. The zero-order chi connectivity index (χ0) is 17.1. The minimum atomic E-state index is -0.246. The predicted octanol–water partition coefficient (Wildman–Crippen LogP) is 3.00. The molecule has 0 radical (unpaired) electrons. The molecule has 6 nitrogen and oxygen atoms in total. The van der Waals surface area contributed by atoms with E-state index in [0.717, 1.165) is 5.56 Å². The third kappa shape index (κ3) is 3.52.